The molecule has 0 saturated heterocycles. The van der Waals surface area contributed by atoms with Crippen molar-refractivity contribution >= 4 is 41.1 Å². The number of ether oxygens (including phenoxy) is 3. The summed E-state index contributed by atoms with van der Waals surface area (Å²) in [5.74, 6) is -3.10. The highest BCUT2D eigenvalue weighted by Crippen LogP contribution is 2.50. The number of methoxy groups -OCH3 is 2. The van der Waals surface area contributed by atoms with Crippen molar-refractivity contribution < 1.29 is 38.2 Å². The van der Waals surface area contributed by atoms with Crippen LogP contribution in [0.4, 0.5) is 0 Å². The molecule has 0 spiro atoms. The number of carbonyl (C=O) groups is 5. The lowest BCUT2D eigenvalue weighted by Crippen LogP contribution is -2.45. The Balaban J connectivity index is 2.34. The first-order valence-corrected chi connectivity index (χ1v) is 13.4. The van der Waals surface area contributed by atoms with Gasteiger partial charge in [0.1, 0.15) is 11.6 Å². The van der Waals surface area contributed by atoms with Gasteiger partial charge in [0.2, 0.25) is 5.78 Å². The van der Waals surface area contributed by atoms with E-state index in [9.17, 15) is 24.0 Å². The zero-order valence-corrected chi connectivity index (χ0v) is 24.5. The highest BCUT2D eigenvalue weighted by atomic mass is 35.5. The highest BCUT2D eigenvalue weighted by molar-refractivity contribution is 6.46. The lowest BCUT2D eigenvalue weighted by atomic mass is 9.74. The molecule has 0 saturated carbocycles. The van der Waals surface area contributed by atoms with E-state index in [-0.39, 0.29) is 46.1 Å². The van der Waals surface area contributed by atoms with E-state index in [0.717, 1.165) is 6.42 Å². The molecule has 0 aromatic heterocycles. The Labute approximate surface area is 238 Å². The maximum absolute atomic E-state index is 13.5. The Morgan fingerprint density at radius 3 is 2.45 bits per heavy atom. The third-order valence-electron chi connectivity index (χ3n) is 7.43. The van der Waals surface area contributed by atoms with Gasteiger partial charge in [-0.05, 0) is 50.8 Å². The van der Waals surface area contributed by atoms with Crippen LogP contribution in [0.2, 0.25) is 0 Å². The number of esters is 3. The Hall–Kier alpha value is -3.72. The molecule has 0 fully saturated rings. The zero-order chi connectivity index (χ0) is 29.9. The number of hydrogen-bond donors (Lipinski definition) is 0. The summed E-state index contributed by atoms with van der Waals surface area (Å²) >= 11 is 6.59. The third-order valence-corrected chi connectivity index (χ3v) is 7.81. The summed E-state index contributed by atoms with van der Waals surface area (Å²) in [5.41, 5.74) is -0.650. The lowest BCUT2D eigenvalue weighted by molar-refractivity contribution is -0.153. The molecule has 214 valence electrons. The van der Waals surface area contributed by atoms with Crippen molar-refractivity contribution in [3.8, 4) is 0 Å². The van der Waals surface area contributed by atoms with Crippen LogP contribution >= 0.6 is 11.6 Å². The molecule has 0 unspecified atom stereocenters. The molecule has 0 amide bonds. The average molecular weight is 572 g/mol. The van der Waals surface area contributed by atoms with E-state index in [1.807, 2.05) is 19.9 Å². The van der Waals surface area contributed by atoms with E-state index >= 15 is 0 Å². The van der Waals surface area contributed by atoms with Gasteiger partial charge in [-0.1, -0.05) is 44.0 Å². The standard InChI is InChI=1S/C30H34ClNO8/c1-8-16(3)10-11-18-14-19-20(15-32(18)21(28(36)39-7)12-13-22(33)38-6)24-23(26(34)17(4)9-2)29(37)40-30(24,5)27(35)25(19)31/h9-11,14-16,21H,8,12-13H2,1-7H3/b11-10+,17-9+/t16-,21-,30-/m0/s1. The van der Waals surface area contributed by atoms with Gasteiger partial charge in [0.25, 0.3) is 0 Å². The van der Waals surface area contributed by atoms with Crippen LogP contribution in [0.25, 0.3) is 0 Å². The average Bonchev–Trinajstić information content (AvgIpc) is 3.23. The molecule has 3 atom stereocenters. The maximum atomic E-state index is 13.5. The predicted molar refractivity (Wildman–Crippen MR) is 148 cm³/mol. The molecule has 1 aliphatic carbocycles. The van der Waals surface area contributed by atoms with Gasteiger partial charge in [0, 0.05) is 35.0 Å². The zero-order valence-electron chi connectivity index (χ0n) is 23.8. The van der Waals surface area contributed by atoms with E-state index in [2.05, 4.69) is 0 Å². The van der Waals surface area contributed by atoms with Crippen LogP contribution in [0.3, 0.4) is 0 Å². The smallest absolute Gasteiger partial charge is 0.343 e. The molecule has 10 heteroatoms. The van der Waals surface area contributed by atoms with Crippen molar-refractivity contribution in [1.29, 1.82) is 0 Å². The van der Waals surface area contributed by atoms with Crippen molar-refractivity contribution in [2.45, 2.75) is 65.5 Å². The van der Waals surface area contributed by atoms with E-state index in [4.69, 9.17) is 25.8 Å². The topological polar surface area (TPSA) is 116 Å². The summed E-state index contributed by atoms with van der Waals surface area (Å²) in [7, 11) is 2.50. The molecule has 40 heavy (non-hydrogen) atoms. The van der Waals surface area contributed by atoms with Crippen molar-refractivity contribution in [2.24, 2.45) is 5.92 Å². The molecule has 2 aliphatic heterocycles. The van der Waals surface area contributed by atoms with Crippen LogP contribution in [0.5, 0.6) is 0 Å². The Bertz CT molecular complexity index is 1340. The van der Waals surface area contributed by atoms with Gasteiger partial charge in [-0.25, -0.2) is 9.59 Å². The monoisotopic (exact) mass is 571 g/mol. The minimum Gasteiger partial charge on any atom is -0.469 e. The number of hydrogen-bond acceptors (Lipinski definition) is 9. The summed E-state index contributed by atoms with van der Waals surface area (Å²) < 4.78 is 15.4. The lowest BCUT2D eigenvalue weighted by Gasteiger charge is -2.38. The fourth-order valence-corrected chi connectivity index (χ4v) is 5.01. The quantitative estimate of drug-likeness (QED) is 0.163. The molecule has 3 aliphatic rings. The molecule has 3 rings (SSSR count). The molecule has 9 nitrogen and oxygen atoms in total. The van der Waals surface area contributed by atoms with Gasteiger partial charge in [-0.3, -0.25) is 14.4 Å². The first-order chi connectivity index (χ1) is 18.9. The summed E-state index contributed by atoms with van der Waals surface area (Å²) in [6.45, 7) is 8.68. The molecule has 0 aromatic rings. The Morgan fingerprint density at radius 1 is 1.20 bits per heavy atom. The van der Waals surface area contributed by atoms with Crippen LogP contribution in [0, 0.1) is 5.92 Å². The van der Waals surface area contributed by atoms with Crippen molar-refractivity contribution in [2.75, 3.05) is 14.2 Å². The first kappa shape index (κ1) is 30.8. The summed E-state index contributed by atoms with van der Waals surface area (Å²) in [6, 6.07) is -0.983. The normalized spacial score (nSPS) is 22.4. The van der Waals surface area contributed by atoms with Gasteiger partial charge < -0.3 is 19.1 Å². The molecule has 0 radical (unpaired) electrons. The number of halogens is 1. The number of rotatable bonds is 10. The summed E-state index contributed by atoms with van der Waals surface area (Å²) in [5, 5.41) is -0.167. The largest absolute Gasteiger partial charge is 0.469 e. The molecule has 2 heterocycles. The first-order valence-electron chi connectivity index (χ1n) is 13.0. The number of carbonyl (C=O) groups excluding carboxylic acids is 5. The summed E-state index contributed by atoms with van der Waals surface area (Å²) in [6.07, 6.45) is 9.32. The van der Waals surface area contributed by atoms with Gasteiger partial charge in [0.15, 0.2) is 11.4 Å². The van der Waals surface area contributed by atoms with E-state index < -0.39 is 41.1 Å². The second-order valence-corrected chi connectivity index (χ2v) is 10.3. The molecule has 0 bridgehead atoms. The van der Waals surface area contributed by atoms with Crippen LogP contribution in [0.1, 0.15) is 53.9 Å². The van der Waals surface area contributed by atoms with E-state index in [0.29, 0.717) is 11.3 Å². The van der Waals surface area contributed by atoms with Gasteiger partial charge >= 0.3 is 17.9 Å². The Morgan fingerprint density at radius 2 is 1.88 bits per heavy atom. The van der Waals surface area contributed by atoms with Crippen LogP contribution in [-0.4, -0.2) is 60.2 Å². The van der Waals surface area contributed by atoms with Crippen molar-refractivity contribution in [1.82, 2.24) is 4.90 Å². The highest BCUT2D eigenvalue weighted by Gasteiger charge is 2.57. The summed E-state index contributed by atoms with van der Waals surface area (Å²) in [4.78, 5) is 66.5. The minimum atomic E-state index is -1.83. The van der Waals surface area contributed by atoms with Gasteiger partial charge in [-0.15, -0.1) is 0 Å². The predicted octanol–water partition coefficient (Wildman–Crippen LogP) is 4.39. The fraction of sp³-hybridized carbons (Fsp3) is 0.433. The van der Waals surface area contributed by atoms with Gasteiger partial charge in [-0.2, -0.15) is 0 Å². The van der Waals surface area contributed by atoms with Crippen LogP contribution in [-0.2, 0) is 38.2 Å². The Kier molecular flexibility index (Phi) is 9.40. The minimum absolute atomic E-state index is 0.0402. The molecular weight excluding hydrogens is 538 g/mol. The maximum Gasteiger partial charge on any atom is 0.343 e. The van der Waals surface area contributed by atoms with Crippen LogP contribution < -0.4 is 0 Å². The van der Waals surface area contributed by atoms with Gasteiger partial charge in [0.05, 0.1) is 19.3 Å². The second-order valence-electron chi connectivity index (χ2n) is 9.95. The number of allylic oxidation sites excluding steroid dienone is 6. The molecule has 0 aromatic carbocycles. The number of fused-ring (bicyclic) bond motifs is 3. The fourth-order valence-electron chi connectivity index (χ4n) is 4.68. The third kappa shape index (κ3) is 5.47. The van der Waals surface area contributed by atoms with Crippen LogP contribution in [0.15, 0.2) is 69.1 Å². The second kappa shape index (κ2) is 12.2. The molecule has 0 N–H and O–H groups in total. The SMILES string of the molecule is C/C=C(\C)C(=O)C1=C2C3=CN([C@@H](CCC(=O)OC)C(=O)OC)C(/C=C/[C@@H](C)CC)=CC3=C(Cl)C(=O)[C@@]2(C)OC1=O. The number of Topliss-reactive ketones (excluding diaryl/α,β-unsaturated/α-hetero) is 2. The van der Waals surface area contributed by atoms with E-state index in [1.54, 1.807) is 43.2 Å². The van der Waals surface area contributed by atoms with E-state index in [1.165, 1.54) is 21.1 Å². The number of ketones is 2. The van der Waals surface area contributed by atoms with Crippen molar-refractivity contribution in [3.63, 3.8) is 0 Å². The molecular formula is C30H34ClNO8. The van der Waals surface area contributed by atoms with Crippen molar-refractivity contribution in [3.05, 3.63) is 69.1 Å². The number of nitrogens with zero attached hydrogens (tertiary/aromatic N) is 1.